The quantitative estimate of drug-likeness (QED) is 0.797. The number of aliphatic carboxylic acids is 1. The first-order chi connectivity index (χ1) is 7.82. The maximum Gasteiger partial charge on any atom is 0.315 e. The van der Waals surface area contributed by atoms with E-state index < -0.39 is 29.4 Å². The van der Waals surface area contributed by atoms with Crippen molar-refractivity contribution in [3.63, 3.8) is 0 Å². The lowest BCUT2D eigenvalue weighted by molar-refractivity contribution is -0.144. The van der Waals surface area contributed by atoms with E-state index in [-0.39, 0.29) is 11.3 Å². The Morgan fingerprint density at radius 1 is 1.29 bits per heavy atom. The summed E-state index contributed by atoms with van der Waals surface area (Å²) in [6.45, 7) is 2.53. The molecule has 0 heterocycles. The summed E-state index contributed by atoms with van der Waals surface area (Å²) >= 11 is 0. The molecule has 0 bridgehead atoms. The Bertz CT molecular complexity index is 474. The number of carboxylic acid groups (broad SMARTS) is 1. The van der Waals surface area contributed by atoms with E-state index in [2.05, 4.69) is 0 Å². The van der Waals surface area contributed by atoms with Gasteiger partial charge >= 0.3 is 5.97 Å². The number of amides is 1. The highest BCUT2D eigenvalue weighted by Gasteiger charge is 2.21. The van der Waals surface area contributed by atoms with Gasteiger partial charge in [0.05, 0.1) is 5.69 Å². The molecule has 0 spiro atoms. The first-order valence-electron chi connectivity index (χ1n) is 4.82. The van der Waals surface area contributed by atoms with Gasteiger partial charge in [0.15, 0.2) is 0 Å². The van der Waals surface area contributed by atoms with E-state index in [1.165, 1.54) is 6.92 Å². The summed E-state index contributed by atoms with van der Waals surface area (Å²) in [7, 11) is 0. The molecule has 4 nitrogen and oxygen atoms in total. The predicted molar refractivity (Wildman–Crippen MR) is 56.5 cm³/mol. The third-order valence-electron chi connectivity index (χ3n) is 2.27. The molecule has 92 valence electrons. The summed E-state index contributed by atoms with van der Waals surface area (Å²) in [5, 5.41) is 10.6. The zero-order valence-electron chi connectivity index (χ0n) is 9.25. The van der Waals surface area contributed by atoms with E-state index in [4.69, 9.17) is 5.11 Å². The predicted octanol–water partition coefficient (Wildman–Crippen LogP) is 1.93. The molecular formula is C11H11F2NO3. The highest BCUT2D eigenvalue weighted by Crippen LogP contribution is 2.19. The highest BCUT2D eigenvalue weighted by molar-refractivity contribution is 6.03. The van der Waals surface area contributed by atoms with Crippen LogP contribution in [0.2, 0.25) is 0 Å². The van der Waals surface area contributed by atoms with Crippen molar-refractivity contribution < 1.29 is 23.5 Å². The van der Waals surface area contributed by atoms with Crippen LogP contribution in [0, 0.1) is 24.5 Å². The van der Waals surface area contributed by atoms with Crippen molar-refractivity contribution >= 4 is 17.6 Å². The summed E-state index contributed by atoms with van der Waals surface area (Å²) in [6, 6.07) is 1.74. The lowest BCUT2D eigenvalue weighted by Gasteiger charge is -2.10. The molecule has 1 atom stereocenters. The van der Waals surface area contributed by atoms with Gasteiger partial charge in [-0.2, -0.15) is 0 Å². The minimum Gasteiger partial charge on any atom is -0.481 e. The Morgan fingerprint density at radius 3 is 2.41 bits per heavy atom. The fraction of sp³-hybridized carbons (Fsp3) is 0.273. The Hall–Kier alpha value is -1.98. The largest absolute Gasteiger partial charge is 0.481 e. The summed E-state index contributed by atoms with van der Waals surface area (Å²) in [4.78, 5) is 21.8. The third-order valence-corrected chi connectivity index (χ3v) is 2.27. The van der Waals surface area contributed by atoms with Gasteiger partial charge in [0.1, 0.15) is 17.6 Å². The molecule has 0 aromatic heterocycles. The zero-order chi connectivity index (χ0) is 13.2. The van der Waals surface area contributed by atoms with Crippen molar-refractivity contribution in [1.29, 1.82) is 0 Å². The molecule has 1 aromatic rings. The molecule has 0 aliphatic heterocycles. The van der Waals surface area contributed by atoms with E-state index >= 15 is 0 Å². The van der Waals surface area contributed by atoms with Gasteiger partial charge in [-0.05, 0) is 25.5 Å². The number of carbonyl (C=O) groups is 2. The lowest BCUT2D eigenvalue weighted by Crippen LogP contribution is -2.27. The molecule has 17 heavy (non-hydrogen) atoms. The summed E-state index contributed by atoms with van der Waals surface area (Å²) in [5.41, 5.74) is -0.266. The van der Waals surface area contributed by atoms with Crippen LogP contribution in [0.3, 0.4) is 0 Å². The Kier molecular flexibility index (Phi) is 3.77. The second-order valence-corrected chi connectivity index (χ2v) is 3.63. The van der Waals surface area contributed by atoms with Gasteiger partial charge in [-0.1, -0.05) is 0 Å². The average Bonchev–Trinajstić information content (AvgIpc) is 2.24. The van der Waals surface area contributed by atoms with Gasteiger partial charge in [-0.3, -0.25) is 9.59 Å². The van der Waals surface area contributed by atoms with Crippen molar-refractivity contribution in [2.24, 2.45) is 5.92 Å². The summed E-state index contributed by atoms with van der Waals surface area (Å²) in [5.74, 6) is -5.06. The monoisotopic (exact) mass is 243 g/mol. The Morgan fingerprint density at radius 2 is 1.88 bits per heavy atom. The molecule has 0 saturated heterocycles. The van der Waals surface area contributed by atoms with E-state index in [0.29, 0.717) is 0 Å². The molecular weight excluding hydrogens is 232 g/mol. The van der Waals surface area contributed by atoms with Crippen LogP contribution in [0.5, 0.6) is 0 Å². The van der Waals surface area contributed by atoms with Gasteiger partial charge < -0.3 is 10.4 Å². The number of nitrogens with one attached hydrogen (secondary N) is 1. The van der Waals surface area contributed by atoms with Gasteiger partial charge in [0, 0.05) is 6.07 Å². The van der Waals surface area contributed by atoms with Crippen LogP contribution in [-0.4, -0.2) is 17.0 Å². The van der Waals surface area contributed by atoms with Gasteiger partial charge in [-0.25, -0.2) is 8.78 Å². The molecule has 2 N–H and O–H groups in total. The molecule has 0 radical (unpaired) electrons. The SMILES string of the molecule is Cc1cc(F)c(NC(=O)C(C)C(=O)O)cc1F. The molecule has 1 unspecified atom stereocenters. The number of anilines is 1. The first-order valence-corrected chi connectivity index (χ1v) is 4.82. The number of carbonyl (C=O) groups excluding carboxylic acids is 1. The lowest BCUT2D eigenvalue weighted by atomic mass is 10.1. The van der Waals surface area contributed by atoms with Crippen LogP contribution < -0.4 is 5.32 Å². The fourth-order valence-electron chi connectivity index (χ4n) is 1.10. The van der Waals surface area contributed by atoms with E-state index in [9.17, 15) is 18.4 Å². The number of benzene rings is 1. The topological polar surface area (TPSA) is 66.4 Å². The van der Waals surface area contributed by atoms with Crippen molar-refractivity contribution in [2.75, 3.05) is 5.32 Å². The molecule has 0 aliphatic carbocycles. The molecule has 0 aliphatic rings. The molecule has 1 rings (SSSR count). The standard InChI is InChI=1S/C11H11F2NO3/c1-5-3-8(13)9(4-7(5)12)14-10(15)6(2)11(16)17/h3-4,6H,1-2H3,(H,14,15)(H,16,17). The molecule has 1 amide bonds. The minimum absolute atomic E-state index is 0.104. The van der Waals surface area contributed by atoms with Gasteiger partial charge in [0.2, 0.25) is 5.91 Å². The van der Waals surface area contributed by atoms with Crippen LogP contribution in [0.4, 0.5) is 14.5 Å². The number of hydrogen-bond donors (Lipinski definition) is 2. The van der Waals surface area contributed by atoms with Crippen LogP contribution >= 0.6 is 0 Å². The minimum atomic E-state index is -1.34. The Balaban J connectivity index is 2.93. The number of halogens is 2. The number of hydrogen-bond acceptors (Lipinski definition) is 2. The Labute approximate surface area is 96.3 Å². The van der Waals surface area contributed by atoms with E-state index in [0.717, 1.165) is 19.1 Å². The van der Waals surface area contributed by atoms with Crippen LogP contribution in [0.25, 0.3) is 0 Å². The maximum atomic E-state index is 13.3. The normalized spacial score (nSPS) is 12.0. The maximum absolute atomic E-state index is 13.3. The second-order valence-electron chi connectivity index (χ2n) is 3.63. The van der Waals surface area contributed by atoms with E-state index in [1.807, 2.05) is 5.32 Å². The van der Waals surface area contributed by atoms with Crippen LogP contribution in [0.1, 0.15) is 12.5 Å². The second kappa shape index (κ2) is 4.90. The number of rotatable bonds is 3. The smallest absolute Gasteiger partial charge is 0.315 e. The van der Waals surface area contributed by atoms with Gasteiger partial charge in [-0.15, -0.1) is 0 Å². The summed E-state index contributed by atoms with van der Waals surface area (Å²) < 4.78 is 26.5. The number of aryl methyl sites for hydroxylation is 1. The molecule has 0 saturated carbocycles. The average molecular weight is 243 g/mol. The third kappa shape index (κ3) is 2.99. The van der Waals surface area contributed by atoms with Crippen molar-refractivity contribution in [2.45, 2.75) is 13.8 Å². The van der Waals surface area contributed by atoms with E-state index in [1.54, 1.807) is 0 Å². The van der Waals surface area contributed by atoms with Crippen molar-refractivity contribution in [3.8, 4) is 0 Å². The van der Waals surface area contributed by atoms with Crippen LogP contribution in [0.15, 0.2) is 12.1 Å². The molecule has 0 fully saturated rings. The summed E-state index contributed by atoms with van der Waals surface area (Å²) in [6.07, 6.45) is 0. The highest BCUT2D eigenvalue weighted by atomic mass is 19.1. The van der Waals surface area contributed by atoms with Crippen LogP contribution in [-0.2, 0) is 9.59 Å². The van der Waals surface area contributed by atoms with Crippen molar-refractivity contribution in [3.05, 3.63) is 29.3 Å². The van der Waals surface area contributed by atoms with Gasteiger partial charge in [0.25, 0.3) is 0 Å². The first kappa shape index (κ1) is 13.1. The molecule has 6 heteroatoms. The number of carboxylic acids is 1. The fourth-order valence-corrected chi connectivity index (χ4v) is 1.10. The van der Waals surface area contributed by atoms with Crippen molar-refractivity contribution in [1.82, 2.24) is 0 Å². The zero-order valence-corrected chi connectivity index (χ0v) is 9.25. The molecule has 1 aromatic carbocycles.